The van der Waals surface area contributed by atoms with Gasteiger partial charge in [0.15, 0.2) is 0 Å². The Bertz CT molecular complexity index is 586. The van der Waals surface area contributed by atoms with E-state index in [1.807, 2.05) is 20.8 Å². The molecule has 126 valence electrons. The van der Waals surface area contributed by atoms with Gasteiger partial charge in [-0.1, -0.05) is 0 Å². The molecular weight excluding hydrogens is 301 g/mol. The van der Waals surface area contributed by atoms with Gasteiger partial charge in [-0.05, 0) is 39.3 Å². The largest absolute Gasteiger partial charge is 0.444 e. The van der Waals surface area contributed by atoms with Gasteiger partial charge in [0.25, 0.3) is 5.91 Å². The number of rotatable bonds is 1. The average Bonchev–Trinajstić information content (AvgIpc) is 2.71. The van der Waals surface area contributed by atoms with Crippen LogP contribution in [0.2, 0.25) is 0 Å². The van der Waals surface area contributed by atoms with Crippen LogP contribution in [0.3, 0.4) is 0 Å². The molecule has 1 aliphatic heterocycles. The van der Waals surface area contributed by atoms with Crippen LogP contribution in [-0.2, 0) is 4.74 Å². The van der Waals surface area contributed by atoms with Crippen molar-refractivity contribution in [1.29, 1.82) is 0 Å². The molecule has 0 saturated carbocycles. The quantitative estimate of drug-likeness (QED) is 0.744. The molecule has 0 aromatic carbocycles. The van der Waals surface area contributed by atoms with Crippen molar-refractivity contribution >= 4 is 12.0 Å². The van der Waals surface area contributed by atoms with Crippen molar-refractivity contribution in [1.82, 2.24) is 14.8 Å². The van der Waals surface area contributed by atoms with E-state index in [9.17, 15) is 14.0 Å². The van der Waals surface area contributed by atoms with E-state index in [-0.39, 0.29) is 11.7 Å². The highest BCUT2D eigenvalue weighted by Crippen LogP contribution is 2.14. The molecule has 7 heteroatoms. The third kappa shape index (κ3) is 4.64. The Balaban J connectivity index is 2.00. The smallest absolute Gasteiger partial charge is 0.410 e. The molecule has 1 aromatic rings. The maximum atomic E-state index is 13.6. The standard InChI is InChI=1S/C16H22FN3O3/c1-16(2,3)23-15(22)20-9-5-8-19(10-11-20)14(21)12-6-4-7-18-13(12)17/h4,6-7H,5,8-11H2,1-3H3. The molecule has 2 amide bonds. The minimum absolute atomic E-state index is 0.0433. The van der Waals surface area contributed by atoms with Crippen LogP contribution in [0.1, 0.15) is 37.6 Å². The van der Waals surface area contributed by atoms with Gasteiger partial charge in [-0.15, -0.1) is 0 Å². The molecule has 0 unspecified atom stereocenters. The zero-order valence-electron chi connectivity index (χ0n) is 13.7. The summed E-state index contributed by atoms with van der Waals surface area (Å²) in [6, 6.07) is 2.95. The summed E-state index contributed by atoms with van der Waals surface area (Å²) in [5, 5.41) is 0. The highest BCUT2D eigenvalue weighted by molar-refractivity contribution is 5.94. The van der Waals surface area contributed by atoms with Crippen LogP contribution in [0, 0.1) is 5.95 Å². The molecule has 1 fully saturated rings. The van der Waals surface area contributed by atoms with Gasteiger partial charge >= 0.3 is 6.09 Å². The summed E-state index contributed by atoms with van der Waals surface area (Å²) in [5.41, 5.74) is -0.601. The van der Waals surface area contributed by atoms with E-state index in [1.165, 1.54) is 18.3 Å². The Labute approximate surface area is 135 Å². The third-order valence-corrected chi connectivity index (χ3v) is 3.42. The van der Waals surface area contributed by atoms with E-state index in [4.69, 9.17) is 4.74 Å². The molecular formula is C16H22FN3O3. The Kier molecular flexibility index (Phi) is 5.18. The molecule has 0 atom stereocenters. The first-order valence-corrected chi connectivity index (χ1v) is 7.65. The van der Waals surface area contributed by atoms with Gasteiger partial charge in [-0.3, -0.25) is 4.79 Å². The summed E-state index contributed by atoms with van der Waals surface area (Å²) in [4.78, 5) is 31.1. The normalized spacial score (nSPS) is 16.0. The molecule has 1 aromatic heterocycles. The number of hydrogen-bond acceptors (Lipinski definition) is 4. The fraction of sp³-hybridized carbons (Fsp3) is 0.562. The Morgan fingerprint density at radius 1 is 1.17 bits per heavy atom. The molecule has 0 N–H and O–H groups in total. The van der Waals surface area contributed by atoms with Gasteiger partial charge in [0.05, 0.1) is 5.56 Å². The van der Waals surface area contributed by atoms with Crippen molar-refractivity contribution in [3.8, 4) is 0 Å². The van der Waals surface area contributed by atoms with Crippen molar-refractivity contribution in [2.75, 3.05) is 26.2 Å². The topological polar surface area (TPSA) is 62.7 Å². The lowest BCUT2D eigenvalue weighted by Gasteiger charge is -2.26. The van der Waals surface area contributed by atoms with Crippen molar-refractivity contribution in [2.45, 2.75) is 32.8 Å². The molecule has 1 saturated heterocycles. The molecule has 0 bridgehead atoms. The lowest BCUT2D eigenvalue weighted by Crippen LogP contribution is -2.40. The number of ether oxygens (including phenoxy) is 1. The first-order chi connectivity index (χ1) is 10.8. The highest BCUT2D eigenvalue weighted by Gasteiger charge is 2.27. The van der Waals surface area contributed by atoms with Crippen molar-refractivity contribution in [3.63, 3.8) is 0 Å². The second-order valence-electron chi connectivity index (χ2n) is 6.45. The van der Waals surface area contributed by atoms with Gasteiger partial charge in [-0.25, -0.2) is 9.78 Å². The number of pyridine rings is 1. The first kappa shape index (κ1) is 17.2. The number of hydrogen-bond donors (Lipinski definition) is 0. The van der Waals surface area contributed by atoms with Crippen LogP contribution in [0.5, 0.6) is 0 Å². The van der Waals surface area contributed by atoms with Gasteiger partial charge in [0.1, 0.15) is 5.60 Å². The molecule has 1 aliphatic rings. The van der Waals surface area contributed by atoms with Gasteiger partial charge in [0.2, 0.25) is 5.95 Å². The fourth-order valence-corrected chi connectivity index (χ4v) is 2.35. The van der Waals surface area contributed by atoms with E-state index in [0.717, 1.165) is 0 Å². The monoisotopic (exact) mass is 323 g/mol. The predicted octanol–water partition coefficient (Wildman–Crippen LogP) is 2.30. The number of carbonyl (C=O) groups excluding carboxylic acids is 2. The van der Waals surface area contributed by atoms with Crippen LogP contribution in [-0.4, -0.2) is 58.6 Å². The minimum atomic E-state index is -0.772. The molecule has 0 aliphatic carbocycles. The SMILES string of the molecule is CC(C)(C)OC(=O)N1CCCN(C(=O)c2cccnc2F)CC1. The number of amides is 2. The minimum Gasteiger partial charge on any atom is -0.444 e. The molecule has 23 heavy (non-hydrogen) atoms. The fourth-order valence-electron chi connectivity index (χ4n) is 2.35. The molecule has 6 nitrogen and oxygen atoms in total. The maximum absolute atomic E-state index is 13.6. The van der Waals surface area contributed by atoms with E-state index >= 15 is 0 Å². The Morgan fingerprint density at radius 3 is 2.48 bits per heavy atom. The van der Waals surface area contributed by atoms with Crippen LogP contribution in [0.4, 0.5) is 9.18 Å². The van der Waals surface area contributed by atoms with Crippen LogP contribution < -0.4 is 0 Å². The summed E-state index contributed by atoms with van der Waals surface area (Å²) in [5.74, 6) is -1.17. The zero-order valence-corrected chi connectivity index (χ0v) is 13.7. The number of nitrogens with zero attached hydrogens (tertiary/aromatic N) is 3. The van der Waals surface area contributed by atoms with E-state index in [0.29, 0.717) is 32.6 Å². The summed E-state index contributed by atoms with van der Waals surface area (Å²) in [7, 11) is 0. The van der Waals surface area contributed by atoms with Crippen molar-refractivity contribution < 1.29 is 18.7 Å². The molecule has 0 spiro atoms. The van der Waals surface area contributed by atoms with Gasteiger partial charge in [-0.2, -0.15) is 4.39 Å². The average molecular weight is 323 g/mol. The van der Waals surface area contributed by atoms with E-state index in [1.54, 1.807) is 9.80 Å². The van der Waals surface area contributed by atoms with E-state index in [2.05, 4.69) is 4.98 Å². The number of carbonyl (C=O) groups is 2. The lowest BCUT2D eigenvalue weighted by molar-refractivity contribution is 0.0255. The second-order valence-corrected chi connectivity index (χ2v) is 6.45. The zero-order chi connectivity index (χ0) is 17.0. The molecule has 2 heterocycles. The predicted molar refractivity (Wildman–Crippen MR) is 82.5 cm³/mol. The molecule has 0 radical (unpaired) electrons. The van der Waals surface area contributed by atoms with Crippen LogP contribution in [0.15, 0.2) is 18.3 Å². The Hall–Kier alpha value is -2.18. The number of aromatic nitrogens is 1. The van der Waals surface area contributed by atoms with Crippen molar-refractivity contribution in [3.05, 3.63) is 29.8 Å². The van der Waals surface area contributed by atoms with Crippen LogP contribution >= 0.6 is 0 Å². The summed E-state index contributed by atoms with van der Waals surface area (Å²) in [6.07, 6.45) is 1.53. The summed E-state index contributed by atoms with van der Waals surface area (Å²) >= 11 is 0. The van der Waals surface area contributed by atoms with Gasteiger partial charge < -0.3 is 14.5 Å². The second kappa shape index (κ2) is 6.93. The summed E-state index contributed by atoms with van der Waals surface area (Å²) in [6.45, 7) is 7.10. The number of halogens is 1. The van der Waals surface area contributed by atoms with Crippen molar-refractivity contribution in [2.24, 2.45) is 0 Å². The van der Waals surface area contributed by atoms with Gasteiger partial charge in [0, 0.05) is 32.4 Å². The molecule has 2 rings (SSSR count). The highest BCUT2D eigenvalue weighted by atomic mass is 19.1. The summed E-state index contributed by atoms with van der Waals surface area (Å²) < 4.78 is 19.0. The lowest BCUT2D eigenvalue weighted by atomic mass is 10.2. The maximum Gasteiger partial charge on any atom is 0.410 e. The third-order valence-electron chi connectivity index (χ3n) is 3.42. The first-order valence-electron chi connectivity index (χ1n) is 7.65. The van der Waals surface area contributed by atoms with E-state index < -0.39 is 17.5 Å². The van der Waals surface area contributed by atoms with Crippen LogP contribution in [0.25, 0.3) is 0 Å². The Morgan fingerprint density at radius 2 is 1.83 bits per heavy atom.